The molecule has 0 saturated carbocycles. The van der Waals surface area contributed by atoms with Gasteiger partial charge in [-0.05, 0) is 11.6 Å². The van der Waals surface area contributed by atoms with Crippen LogP contribution in [0.1, 0.15) is 5.56 Å². The lowest BCUT2D eigenvalue weighted by Crippen LogP contribution is -2.23. The van der Waals surface area contributed by atoms with Gasteiger partial charge in [0.15, 0.2) is 0 Å². The van der Waals surface area contributed by atoms with Crippen LogP contribution >= 0.6 is 0 Å². The Balaban J connectivity index is 2.87. The Kier molecular flexibility index (Phi) is 5.16. The summed E-state index contributed by atoms with van der Waals surface area (Å²) in [5.41, 5.74) is 1.20. The number of rotatable bonds is 4. The molecule has 0 spiro atoms. The van der Waals surface area contributed by atoms with Crippen molar-refractivity contribution in [3.63, 3.8) is 0 Å². The molecule has 0 N–H and O–H groups in total. The highest BCUT2D eigenvalue weighted by atomic mass is 28.3. The number of carbonyl (C=O) groups excluding carboxylic acids is 1. The molecule has 0 aliphatic carbocycles. The lowest BCUT2D eigenvalue weighted by atomic mass is 10.2. The van der Waals surface area contributed by atoms with Crippen molar-refractivity contribution in [3.8, 4) is 0 Å². The number of methoxy groups -OCH3 is 1. The average Bonchev–Trinajstić information content (AvgIpc) is 2.33. The zero-order chi connectivity index (χ0) is 13.6. The predicted molar refractivity (Wildman–Crippen MR) is 76.1 cm³/mol. The molecule has 0 saturated heterocycles. The van der Waals surface area contributed by atoms with Crippen molar-refractivity contribution in [1.29, 1.82) is 0 Å². The van der Waals surface area contributed by atoms with Crippen molar-refractivity contribution < 1.29 is 14.3 Å². The fraction of sp³-hybridized carbons (Fsp3) is 0.357. The SMILES string of the molecule is COC(=O)OC/C=C(/c1ccccc1)[Si](C)(C)C. The van der Waals surface area contributed by atoms with Crippen molar-refractivity contribution >= 4 is 19.4 Å². The van der Waals surface area contributed by atoms with Crippen LogP contribution in [0.3, 0.4) is 0 Å². The van der Waals surface area contributed by atoms with Crippen molar-refractivity contribution in [2.45, 2.75) is 19.6 Å². The highest BCUT2D eigenvalue weighted by Gasteiger charge is 2.20. The maximum atomic E-state index is 10.9. The van der Waals surface area contributed by atoms with E-state index in [0.717, 1.165) is 0 Å². The fourth-order valence-corrected chi connectivity index (χ4v) is 3.46. The van der Waals surface area contributed by atoms with Crippen molar-refractivity contribution in [3.05, 3.63) is 42.0 Å². The summed E-state index contributed by atoms with van der Waals surface area (Å²) in [4.78, 5) is 10.9. The van der Waals surface area contributed by atoms with E-state index in [9.17, 15) is 4.79 Å². The maximum Gasteiger partial charge on any atom is 0.508 e. The summed E-state index contributed by atoms with van der Waals surface area (Å²) in [5, 5.41) is 1.28. The van der Waals surface area contributed by atoms with Gasteiger partial charge in [-0.1, -0.05) is 55.2 Å². The first-order chi connectivity index (χ1) is 8.45. The Labute approximate surface area is 109 Å². The van der Waals surface area contributed by atoms with Crippen LogP contribution in [0.15, 0.2) is 36.4 Å². The second kappa shape index (κ2) is 6.40. The van der Waals surface area contributed by atoms with Gasteiger partial charge in [0.1, 0.15) is 6.61 Å². The quantitative estimate of drug-likeness (QED) is 0.614. The molecule has 0 fully saturated rings. The summed E-state index contributed by atoms with van der Waals surface area (Å²) in [6.45, 7) is 7.05. The first-order valence-corrected chi connectivity index (χ1v) is 9.42. The van der Waals surface area contributed by atoms with Crippen LogP contribution in [-0.2, 0) is 9.47 Å². The van der Waals surface area contributed by atoms with Crippen molar-refractivity contribution in [2.75, 3.05) is 13.7 Å². The van der Waals surface area contributed by atoms with Gasteiger partial charge in [-0.15, -0.1) is 0 Å². The molecule has 0 bridgehead atoms. The normalized spacial score (nSPS) is 12.1. The average molecular weight is 264 g/mol. The number of hydrogen-bond donors (Lipinski definition) is 0. The Hall–Kier alpha value is -1.55. The Bertz CT molecular complexity index is 418. The lowest BCUT2D eigenvalue weighted by molar-refractivity contribution is 0.0819. The molecule has 0 unspecified atom stereocenters. The summed E-state index contributed by atoms with van der Waals surface area (Å²) < 4.78 is 9.37. The minimum absolute atomic E-state index is 0.251. The van der Waals surface area contributed by atoms with E-state index >= 15 is 0 Å². The van der Waals surface area contributed by atoms with Gasteiger partial charge < -0.3 is 9.47 Å². The minimum atomic E-state index is -1.48. The van der Waals surface area contributed by atoms with Gasteiger partial charge in [-0.3, -0.25) is 0 Å². The Morgan fingerprint density at radius 3 is 2.33 bits per heavy atom. The molecular formula is C14H20O3Si. The molecule has 0 aliphatic heterocycles. The van der Waals surface area contributed by atoms with E-state index in [0.29, 0.717) is 0 Å². The number of ether oxygens (including phenoxy) is 2. The first kappa shape index (κ1) is 14.5. The van der Waals surface area contributed by atoms with E-state index in [1.165, 1.54) is 17.9 Å². The number of carbonyl (C=O) groups is 1. The van der Waals surface area contributed by atoms with Crippen LogP contribution in [0.4, 0.5) is 4.79 Å². The van der Waals surface area contributed by atoms with Gasteiger partial charge in [0.2, 0.25) is 0 Å². The Morgan fingerprint density at radius 2 is 1.83 bits per heavy atom. The molecular weight excluding hydrogens is 244 g/mol. The molecule has 0 atom stereocenters. The third kappa shape index (κ3) is 4.37. The van der Waals surface area contributed by atoms with Gasteiger partial charge in [0, 0.05) is 0 Å². The Morgan fingerprint density at radius 1 is 1.22 bits per heavy atom. The summed E-state index contributed by atoms with van der Waals surface area (Å²) >= 11 is 0. The molecule has 18 heavy (non-hydrogen) atoms. The minimum Gasteiger partial charge on any atom is -0.438 e. The molecule has 0 aliphatic rings. The van der Waals surface area contributed by atoms with Gasteiger partial charge in [-0.25, -0.2) is 4.79 Å². The van der Waals surface area contributed by atoms with Gasteiger partial charge in [0.25, 0.3) is 0 Å². The summed E-state index contributed by atoms with van der Waals surface area (Å²) in [5.74, 6) is 0. The zero-order valence-corrected chi connectivity index (χ0v) is 12.4. The largest absolute Gasteiger partial charge is 0.508 e. The highest BCUT2D eigenvalue weighted by molar-refractivity contribution is 6.93. The molecule has 1 aromatic rings. The molecule has 1 aromatic carbocycles. The molecule has 1 rings (SSSR count). The number of benzene rings is 1. The van der Waals surface area contributed by atoms with Gasteiger partial charge >= 0.3 is 6.16 Å². The van der Waals surface area contributed by atoms with E-state index in [1.54, 1.807) is 0 Å². The molecule has 0 aromatic heterocycles. The highest BCUT2D eigenvalue weighted by Crippen LogP contribution is 2.25. The molecule has 0 amide bonds. The molecule has 0 radical (unpaired) electrons. The van der Waals surface area contributed by atoms with Crippen molar-refractivity contribution in [2.24, 2.45) is 0 Å². The summed E-state index contributed by atoms with van der Waals surface area (Å²) in [7, 11) is -0.172. The van der Waals surface area contributed by atoms with Crippen LogP contribution < -0.4 is 0 Å². The summed E-state index contributed by atoms with van der Waals surface area (Å²) in [6, 6.07) is 10.2. The third-order valence-electron chi connectivity index (χ3n) is 2.55. The summed E-state index contributed by atoms with van der Waals surface area (Å²) in [6.07, 6.45) is 1.34. The maximum absolute atomic E-state index is 10.9. The predicted octanol–water partition coefficient (Wildman–Crippen LogP) is 3.73. The van der Waals surface area contributed by atoms with Crippen LogP contribution in [-0.4, -0.2) is 27.9 Å². The zero-order valence-electron chi connectivity index (χ0n) is 11.4. The topological polar surface area (TPSA) is 35.5 Å². The van der Waals surface area contributed by atoms with E-state index in [1.807, 2.05) is 24.3 Å². The molecule has 0 heterocycles. The first-order valence-electron chi connectivity index (χ1n) is 5.92. The van der Waals surface area contributed by atoms with E-state index in [-0.39, 0.29) is 6.61 Å². The van der Waals surface area contributed by atoms with Gasteiger partial charge in [-0.2, -0.15) is 0 Å². The standard InChI is InChI=1S/C14H20O3Si/c1-16-14(15)17-11-10-13(18(2,3)4)12-8-6-5-7-9-12/h5-10H,11H2,1-4H3/b13-10-. The van der Waals surface area contributed by atoms with E-state index in [4.69, 9.17) is 4.74 Å². The monoisotopic (exact) mass is 264 g/mol. The van der Waals surface area contributed by atoms with Crippen LogP contribution in [0.5, 0.6) is 0 Å². The van der Waals surface area contributed by atoms with Crippen LogP contribution in [0.25, 0.3) is 5.20 Å². The fourth-order valence-electron chi connectivity index (χ4n) is 1.73. The van der Waals surface area contributed by atoms with Crippen molar-refractivity contribution in [1.82, 2.24) is 0 Å². The smallest absolute Gasteiger partial charge is 0.438 e. The van der Waals surface area contributed by atoms with E-state index in [2.05, 4.69) is 36.5 Å². The lowest BCUT2D eigenvalue weighted by Gasteiger charge is -2.21. The van der Waals surface area contributed by atoms with Crippen LogP contribution in [0, 0.1) is 0 Å². The van der Waals surface area contributed by atoms with Gasteiger partial charge in [0.05, 0.1) is 15.2 Å². The molecule has 98 valence electrons. The third-order valence-corrected chi connectivity index (χ3v) is 4.66. The van der Waals surface area contributed by atoms with E-state index < -0.39 is 14.2 Å². The number of hydrogen-bond acceptors (Lipinski definition) is 3. The second-order valence-corrected chi connectivity index (χ2v) is 10.0. The molecule has 3 nitrogen and oxygen atoms in total. The van der Waals surface area contributed by atoms with Crippen LogP contribution in [0.2, 0.25) is 19.6 Å². The molecule has 4 heteroatoms. The second-order valence-electron chi connectivity index (χ2n) is 5.00.